The lowest BCUT2D eigenvalue weighted by Gasteiger charge is -2.33. The molecule has 0 aliphatic carbocycles. The minimum Gasteiger partial charge on any atom is -0.497 e. The number of piperazine rings is 1. The number of thiazole rings is 1. The summed E-state index contributed by atoms with van der Waals surface area (Å²) in [5.41, 5.74) is 2.42. The molecule has 0 saturated carbocycles. The Labute approximate surface area is 146 Å². The Morgan fingerprint density at radius 2 is 1.83 bits per heavy atom. The number of fused-ring (bicyclic) bond motifs is 1. The molecule has 2 aromatic carbocycles. The smallest absolute Gasteiger partial charge is 0.148 e. The quantitative estimate of drug-likeness (QED) is 0.790. The van der Waals surface area contributed by atoms with E-state index in [0.29, 0.717) is 0 Å². The Balaban J connectivity index is 1.36. The monoisotopic (exact) mass is 340 g/mol. The third-order valence-corrected chi connectivity index (χ3v) is 5.68. The number of quaternary nitrogens is 1. The molecule has 3 aromatic rings. The van der Waals surface area contributed by atoms with Crippen LogP contribution in [-0.4, -0.2) is 38.3 Å². The van der Waals surface area contributed by atoms with Gasteiger partial charge in [-0.05, 0) is 36.4 Å². The minimum atomic E-state index is 0.916. The molecule has 1 fully saturated rings. The SMILES string of the molecule is COc1ccc(N2CC[NH+](Cc3nc4ccccc4s3)CC2)cc1. The van der Waals surface area contributed by atoms with Crippen molar-refractivity contribution in [3.63, 3.8) is 0 Å². The van der Waals surface area contributed by atoms with Crippen LogP contribution in [0, 0.1) is 0 Å². The normalized spacial score (nSPS) is 15.8. The molecule has 1 saturated heterocycles. The van der Waals surface area contributed by atoms with Gasteiger partial charge in [-0.25, -0.2) is 4.98 Å². The predicted octanol–water partition coefficient (Wildman–Crippen LogP) is 2.21. The second-order valence-electron chi connectivity index (χ2n) is 6.19. The van der Waals surface area contributed by atoms with Crippen LogP contribution in [0.3, 0.4) is 0 Å². The van der Waals surface area contributed by atoms with Gasteiger partial charge in [0.15, 0.2) is 0 Å². The first-order valence-corrected chi connectivity index (χ1v) is 9.20. The van der Waals surface area contributed by atoms with Gasteiger partial charge in [0.1, 0.15) is 17.3 Å². The first-order valence-electron chi connectivity index (χ1n) is 8.39. The average Bonchev–Trinajstić information content (AvgIpc) is 3.05. The summed E-state index contributed by atoms with van der Waals surface area (Å²) in [5.74, 6) is 0.916. The number of hydrogen-bond acceptors (Lipinski definition) is 4. The van der Waals surface area contributed by atoms with Crippen LogP contribution in [0.2, 0.25) is 0 Å². The summed E-state index contributed by atoms with van der Waals surface area (Å²) in [6.45, 7) is 5.53. The number of nitrogens with zero attached hydrogens (tertiary/aromatic N) is 2. The number of ether oxygens (including phenoxy) is 1. The van der Waals surface area contributed by atoms with Crippen LogP contribution >= 0.6 is 11.3 Å². The highest BCUT2D eigenvalue weighted by Crippen LogP contribution is 2.21. The summed E-state index contributed by atoms with van der Waals surface area (Å²) in [4.78, 5) is 8.86. The van der Waals surface area contributed by atoms with Gasteiger partial charge in [-0.1, -0.05) is 12.1 Å². The van der Waals surface area contributed by atoms with Crippen molar-refractivity contribution in [2.24, 2.45) is 0 Å². The van der Waals surface area contributed by atoms with Gasteiger partial charge < -0.3 is 14.5 Å². The number of nitrogens with one attached hydrogen (secondary N) is 1. The van der Waals surface area contributed by atoms with Gasteiger partial charge in [0.25, 0.3) is 0 Å². The van der Waals surface area contributed by atoms with Gasteiger partial charge in [0, 0.05) is 5.69 Å². The lowest BCUT2D eigenvalue weighted by atomic mass is 10.2. The number of anilines is 1. The van der Waals surface area contributed by atoms with E-state index >= 15 is 0 Å². The highest BCUT2D eigenvalue weighted by Gasteiger charge is 2.21. The van der Waals surface area contributed by atoms with E-state index in [1.54, 1.807) is 12.0 Å². The zero-order valence-corrected chi connectivity index (χ0v) is 14.7. The Hall–Kier alpha value is -2.11. The number of hydrogen-bond donors (Lipinski definition) is 1. The maximum absolute atomic E-state index is 5.24. The van der Waals surface area contributed by atoms with E-state index in [0.717, 1.165) is 44.0 Å². The van der Waals surface area contributed by atoms with Gasteiger partial charge in [0.05, 0.1) is 43.5 Å². The summed E-state index contributed by atoms with van der Waals surface area (Å²) in [5, 5.41) is 1.25. The van der Waals surface area contributed by atoms with E-state index < -0.39 is 0 Å². The van der Waals surface area contributed by atoms with E-state index in [-0.39, 0.29) is 0 Å². The van der Waals surface area contributed by atoms with Crippen LogP contribution in [0.5, 0.6) is 5.75 Å². The number of benzene rings is 2. The first kappa shape index (κ1) is 15.4. The highest BCUT2D eigenvalue weighted by molar-refractivity contribution is 7.18. The lowest BCUT2D eigenvalue weighted by molar-refractivity contribution is -0.914. The van der Waals surface area contributed by atoms with Gasteiger partial charge >= 0.3 is 0 Å². The van der Waals surface area contributed by atoms with Gasteiger partial charge in [-0.2, -0.15) is 0 Å². The molecule has 24 heavy (non-hydrogen) atoms. The molecule has 1 aliphatic rings. The Bertz CT molecular complexity index is 774. The summed E-state index contributed by atoms with van der Waals surface area (Å²) >= 11 is 1.83. The van der Waals surface area contributed by atoms with Crippen LogP contribution in [-0.2, 0) is 6.54 Å². The molecule has 0 spiro atoms. The van der Waals surface area contributed by atoms with Crippen molar-refractivity contribution in [2.75, 3.05) is 38.2 Å². The largest absolute Gasteiger partial charge is 0.497 e. The zero-order valence-electron chi connectivity index (χ0n) is 13.9. The number of aromatic nitrogens is 1. The van der Waals surface area contributed by atoms with Crippen LogP contribution in [0.15, 0.2) is 48.5 Å². The molecule has 0 bridgehead atoms. The van der Waals surface area contributed by atoms with Crippen LogP contribution < -0.4 is 14.5 Å². The molecule has 1 aromatic heterocycles. The standard InChI is InChI=1S/C19H21N3OS/c1-23-16-8-6-15(7-9-16)22-12-10-21(11-13-22)14-19-20-17-4-2-3-5-18(17)24-19/h2-9H,10-14H2,1H3/p+1. The van der Waals surface area contributed by atoms with Crippen molar-refractivity contribution < 1.29 is 9.64 Å². The van der Waals surface area contributed by atoms with E-state index in [1.807, 2.05) is 23.5 Å². The Morgan fingerprint density at radius 3 is 2.54 bits per heavy atom. The molecule has 1 aliphatic heterocycles. The fraction of sp³-hybridized carbons (Fsp3) is 0.316. The number of rotatable bonds is 4. The van der Waals surface area contributed by atoms with E-state index in [2.05, 4.69) is 41.3 Å². The van der Waals surface area contributed by atoms with Gasteiger partial charge in [-0.3, -0.25) is 0 Å². The fourth-order valence-electron chi connectivity index (χ4n) is 3.26. The first-order chi connectivity index (χ1) is 11.8. The molecule has 2 heterocycles. The molecule has 1 N–H and O–H groups in total. The fourth-order valence-corrected chi connectivity index (χ4v) is 4.30. The van der Waals surface area contributed by atoms with Gasteiger partial charge in [-0.15, -0.1) is 11.3 Å². The molecule has 0 radical (unpaired) electrons. The molecule has 4 rings (SSSR count). The van der Waals surface area contributed by atoms with Crippen molar-refractivity contribution in [1.29, 1.82) is 0 Å². The molecule has 0 unspecified atom stereocenters. The third kappa shape index (κ3) is 3.23. The molecule has 0 amide bonds. The third-order valence-electron chi connectivity index (χ3n) is 4.65. The zero-order chi connectivity index (χ0) is 16.4. The predicted molar refractivity (Wildman–Crippen MR) is 99.2 cm³/mol. The molecule has 0 atom stereocenters. The van der Waals surface area contributed by atoms with Crippen molar-refractivity contribution >= 4 is 27.2 Å². The van der Waals surface area contributed by atoms with Crippen molar-refractivity contribution in [1.82, 2.24) is 4.98 Å². The number of para-hydroxylation sites is 1. The van der Waals surface area contributed by atoms with Crippen molar-refractivity contribution in [3.8, 4) is 5.75 Å². The molecule has 5 heteroatoms. The van der Waals surface area contributed by atoms with Crippen LogP contribution in [0.4, 0.5) is 5.69 Å². The average molecular weight is 340 g/mol. The maximum Gasteiger partial charge on any atom is 0.148 e. The molecular formula is C19H22N3OS+. The summed E-state index contributed by atoms with van der Waals surface area (Å²) < 4.78 is 6.53. The number of methoxy groups -OCH3 is 1. The van der Waals surface area contributed by atoms with Crippen molar-refractivity contribution in [2.45, 2.75) is 6.54 Å². The lowest BCUT2D eigenvalue weighted by Crippen LogP contribution is -3.13. The van der Waals surface area contributed by atoms with Crippen molar-refractivity contribution in [3.05, 3.63) is 53.5 Å². The van der Waals surface area contributed by atoms with E-state index in [1.165, 1.54) is 15.4 Å². The van der Waals surface area contributed by atoms with E-state index in [9.17, 15) is 0 Å². The highest BCUT2D eigenvalue weighted by atomic mass is 32.1. The minimum absolute atomic E-state index is 0.916. The van der Waals surface area contributed by atoms with E-state index in [4.69, 9.17) is 9.72 Å². The molecular weight excluding hydrogens is 318 g/mol. The second-order valence-corrected chi connectivity index (χ2v) is 7.30. The maximum atomic E-state index is 5.24. The van der Waals surface area contributed by atoms with Crippen LogP contribution in [0.1, 0.15) is 5.01 Å². The summed E-state index contributed by atoms with van der Waals surface area (Å²) in [7, 11) is 1.71. The Morgan fingerprint density at radius 1 is 1.08 bits per heavy atom. The second kappa shape index (κ2) is 6.79. The topological polar surface area (TPSA) is 29.8 Å². The molecule has 124 valence electrons. The van der Waals surface area contributed by atoms with Gasteiger partial charge in [0.2, 0.25) is 0 Å². The Kier molecular flexibility index (Phi) is 4.36. The summed E-state index contributed by atoms with van der Waals surface area (Å²) in [6, 6.07) is 16.8. The molecule has 4 nitrogen and oxygen atoms in total. The summed E-state index contributed by atoms with van der Waals surface area (Å²) in [6.07, 6.45) is 0. The van der Waals surface area contributed by atoms with Crippen LogP contribution in [0.25, 0.3) is 10.2 Å².